The lowest BCUT2D eigenvalue weighted by Crippen LogP contribution is -2.13. The highest BCUT2D eigenvalue weighted by atomic mass is 32.2. The first-order valence-corrected chi connectivity index (χ1v) is 8.25. The molecule has 1 unspecified atom stereocenters. The van der Waals surface area contributed by atoms with Gasteiger partial charge in [0.15, 0.2) is 0 Å². The van der Waals surface area contributed by atoms with Crippen molar-refractivity contribution in [1.29, 1.82) is 0 Å². The van der Waals surface area contributed by atoms with Gasteiger partial charge in [0.05, 0.1) is 6.10 Å². The van der Waals surface area contributed by atoms with Crippen molar-refractivity contribution in [2.24, 2.45) is 5.73 Å². The molecular formula is C18H23NOS. The van der Waals surface area contributed by atoms with Crippen molar-refractivity contribution in [2.45, 2.75) is 37.8 Å². The molecule has 0 aliphatic heterocycles. The fraction of sp³-hybridized carbons (Fsp3) is 0.333. The summed E-state index contributed by atoms with van der Waals surface area (Å²) in [4.78, 5) is 1.26. The second-order valence-electron chi connectivity index (χ2n) is 5.47. The highest BCUT2D eigenvalue weighted by Gasteiger charge is 2.08. The van der Waals surface area contributed by atoms with Crippen LogP contribution in [0.1, 0.15) is 31.0 Å². The van der Waals surface area contributed by atoms with Crippen molar-refractivity contribution in [3.63, 3.8) is 0 Å². The van der Waals surface area contributed by atoms with Crippen molar-refractivity contribution in [3.8, 4) is 5.75 Å². The Hall–Kier alpha value is -1.45. The zero-order chi connectivity index (χ0) is 15.2. The molecule has 1 atom stereocenters. The number of benzene rings is 2. The molecule has 0 aliphatic rings. The maximum Gasteiger partial charge on any atom is 0.120 e. The summed E-state index contributed by atoms with van der Waals surface area (Å²) in [7, 11) is 0. The van der Waals surface area contributed by atoms with Gasteiger partial charge in [-0.15, -0.1) is 11.8 Å². The summed E-state index contributed by atoms with van der Waals surface area (Å²) in [6, 6.07) is 16.6. The minimum atomic E-state index is 0.00650. The van der Waals surface area contributed by atoms with Crippen LogP contribution in [0.2, 0.25) is 0 Å². The second kappa shape index (κ2) is 7.53. The Balaban J connectivity index is 1.96. The molecule has 0 saturated heterocycles. The van der Waals surface area contributed by atoms with Gasteiger partial charge in [0.2, 0.25) is 0 Å². The minimum Gasteiger partial charge on any atom is -0.491 e. The zero-order valence-electron chi connectivity index (χ0n) is 12.9. The minimum absolute atomic E-state index is 0.00650. The Kier molecular flexibility index (Phi) is 5.71. The standard InChI is InChI=1S/C18H23NOS/c1-13(2)20-16-6-4-5-15(11-16)18(19)12-21-17-9-7-14(3)8-10-17/h4-11,13,18H,12,19H2,1-3H3. The first-order valence-electron chi connectivity index (χ1n) is 7.26. The predicted octanol–water partition coefficient (Wildman–Crippen LogP) is 4.57. The first kappa shape index (κ1) is 15.9. The van der Waals surface area contributed by atoms with Gasteiger partial charge in [0, 0.05) is 16.7 Å². The molecule has 0 aromatic heterocycles. The van der Waals surface area contributed by atoms with E-state index in [1.165, 1.54) is 10.5 Å². The topological polar surface area (TPSA) is 35.2 Å². The first-order chi connectivity index (χ1) is 10.0. The molecule has 0 heterocycles. The highest BCUT2D eigenvalue weighted by molar-refractivity contribution is 7.99. The third-order valence-electron chi connectivity index (χ3n) is 3.11. The van der Waals surface area contributed by atoms with Gasteiger partial charge in [-0.25, -0.2) is 0 Å². The van der Waals surface area contributed by atoms with Gasteiger partial charge in [-0.1, -0.05) is 29.8 Å². The lowest BCUT2D eigenvalue weighted by atomic mass is 10.1. The normalized spacial score (nSPS) is 12.4. The molecule has 0 spiro atoms. The van der Waals surface area contributed by atoms with Crippen LogP contribution in [0.3, 0.4) is 0 Å². The van der Waals surface area contributed by atoms with Crippen molar-refractivity contribution < 1.29 is 4.74 Å². The van der Waals surface area contributed by atoms with Crippen molar-refractivity contribution >= 4 is 11.8 Å². The van der Waals surface area contributed by atoms with Gasteiger partial charge in [0.25, 0.3) is 0 Å². The van der Waals surface area contributed by atoms with Gasteiger partial charge >= 0.3 is 0 Å². The summed E-state index contributed by atoms with van der Waals surface area (Å²) >= 11 is 1.79. The Bertz CT molecular complexity index is 566. The van der Waals surface area contributed by atoms with Gasteiger partial charge in [-0.2, -0.15) is 0 Å². The fourth-order valence-corrected chi connectivity index (χ4v) is 2.90. The molecule has 2 nitrogen and oxygen atoms in total. The number of hydrogen-bond donors (Lipinski definition) is 1. The predicted molar refractivity (Wildman–Crippen MR) is 91.0 cm³/mol. The molecule has 2 aromatic carbocycles. The van der Waals surface area contributed by atoms with Crippen LogP contribution in [0.15, 0.2) is 53.4 Å². The lowest BCUT2D eigenvalue weighted by Gasteiger charge is -2.15. The van der Waals surface area contributed by atoms with Crippen LogP contribution >= 0.6 is 11.8 Å². The molecule has 2 aromatic rings. The van der Waals surface area contributed by atoms with Crippen LogP contribution in [0, 0.1) is 6.92 Å². The molecule has 2 N–H and O–H groups in total. The van der Waals surface area contributed by atoms with Crippen LogP contribution < -0.4 is 10.5 Å². The molecule has 0 amide bonds. The van der Waals surface area contributed by atoms with Crippen molar-refractivity contribution in [3.05, 3.63) is 59.7 Å². The van der Waals surface area contributed by atoms with E-state index < -0.39 is 0 Å². The summed E-state index contributed by atoms with van der Waals surface area (Å²) in [6.07, 6.45) is 0.179. The largest absolute Gasteiger partial charge is 0.491 e. The molecule has 3 heteroatoms. The average molecular weight is 301 g/mol. The number of hydrogen-bond acceptors (Lipinski definition) is 3. The molecule has 0 saturated carbocycles. The highest BCUT2D eigenvalue weighted by Crippen LogP contribution is 2.25. The molecule has 0 bridgehead atoms. The summed E-state index contributed by atoms with van der Waals surface area (Å²) < 4.78 is 5.72. The number of ether oxygens (including phenoxy) is 1. The molecule has 21 heavy (non-hydrogen) atoms. The van der Waals surface area contributed by atoms with Gasteiger partial charge in [-0.05, 0) is 50.6 Å². The van der Waals surface area contributed by atoms with E-state index in [4.69, 9.17) is 10.5 Å². The SMILES string of the molecule is Cc1ccc(SCC(N)c2cccc(OC(C)C)c2)cc1. The van der Waals surface area contributed by atoms with Gasteiger partial charge in [-0.3, -0.25) is 0 Å². The summed E-state index contributed by atoms with van der Waals surface area (Å²) in [5.41, 5.74) is 8.69. The van der Waals surface area contributed by atoms with E-state index in [9.17, 15) is 0 Å². The quantitative estimate of drug-likeness (QED) is 0.794. The summed E-state index contributed by atoms with van der Waals surface area (Å²) in [6.45, 7) is 6.15. The summed E-state index contributed by atoms with van der Waals surface area (Å²) in [5, 5.41) is 0. The molecule has 0 radical (unpaired) electrons. The third-order valence-corrected chi connectivity index (χ3v) is 4.24. The number of nitrogens with two attached hydrogens (primary N) is 1. The number of thioether (sulfide) groups is 1. The smallest absolute Gasteiger partial charge is 0.120 e. The van der Waals surface area contributed by atoms with Crippen LogP contribution in [0.4, 0.5) is 0 Å². The maximum atomic E-state index is 6.30. The van der Waals surface area contributed by atoms with Crippen LogP contribution in [0.25, 0.3) is 0 Å². The van der Waals surface area contributed by atoms with E-state index in [2.05, 4.69) is 37.3 Å². The fourth-order valence-electron chi connectivity index (χ4n) is 2.01. The third kappa shape index (κ3) is 5.10. The Morgan fingerprint density at radius 1 is 1.10 bits per heavy atom. The zero-order valence-corrected chi connectivity index (χ0v) is 13.7. The lowest BCUT2D eigenvalue weighted by molar-refractivity contribution is 0.242. The molecule has 0 fully saturated rings. The second-order valence-corrected chi connectivity index (χ2v) is 6.56. The van der Waals surface area contributed by atoms with Crippen LogP contribution in [-0.2, 0) is 0 Å². The summed E-state index contributed by atoms with van der Waals surface area (Å²) in [5.74, 6) is 1.74. The van der Waals surface area contributed by atoms with E-state index in [0.29, 0.717) is 0 Å². The van der Waals surface area contributed by atoms with E-state index in [1.807, 2.05) is 32.0 Å². The van der Waals surface area contributed by atoms with Gasteiger partial charge < -0.3 is 10.5 Å². The van der Waals surface area contributed by atoms with E-state index in [-0.39, 0.29) is 12.1 Å². The molecule has 0 aliphatic carbocycles. The van der Waals surface area contributed by atoms with Crippen LogP contribution in [-0.4, -0.2) is 11.9 Å². The molecule has 2 rings (SSSR count). The van der Waals surface area contributed by atoms with E-state index in [0.717, 1.165) is 17.1 Å². The number of rotatable bonds is 6. The van der Waals surface area contributed by atoms with Crippen molar-refractivity contribution in [2.75, 3.05) is 5.75 Å². The Morgan fingerprint density at radius 2 is 1.81 bits per heavy atom. The Morgan fingerprint density at radius 3 is 2.48 bits per heavy atom. The van der Waals surface area contributed by atoms with E-state index in [1.54, 1.807) is 11.8 Å². The van der Waals surface area contributed by atoms with E-state index >= 15 is 0 Å². The monoisotopic (exact) mass is 301 g/mol. The molecule has 112 valence electrons. The van der Waals surface area contributed by atoms with Crippen molar-refractivity contribution in [1.82, 2.24) is 0 Å². The molecular weight excluding hydrogens is 278 g/mol. The Labute approximate surface area is 131 Å². The maximum absolute atomic E-state index is 6.30. The van der Waals surface area contributed by atoms with Gasteiger partial charge in [0.1, 0.15) is 5.75 Å². The van der Waals surface area contributed by atoms with Crippen LogP contribution in [0.5, 0.6) is 5.75 Å². The number of aryl methyl sites for hydroxylation is 1. The average Bonchev–Trinajstić information content (AvgIpc) is 2.46.